The van der Waals surface area contributed by atoms with E-state index in [-0.39, 0.29) is 13.0 Å². The van der Waals surface area contributed by atoms with Crippen LogP contribution in [-0.2, 0) is 22.6 Å². The van der Waals surface area contributed by atoms with Crippen molar-refractivity contribution in [2.75, 3.05) is 0 Å². The average molecular weight is 348 g/mol. The van der Waals surface area contributed by atoms with E-state index in [1.54, 1.807) is 12.1 Å². The smallest absolute Gasteiger partial charge is 0.408 e. The van der Waals surface area contributed by atoms with Gasteiger partial charge in [0.15, 0.2) is 0 Å². The minimum absolute atomic E-state index is 0.0737. The lowest BCUT2D eigenvalue weighted by Crippen LogP contribution is -2.42. The van der Waals surface area contributed by atoms with Crippen molar-refractivity contribution >= 4 is 23.7 Å². The Bertz CT molecular complexity index is 718. The molecular weight excluding hydrogens is 330 g/mol. The van der Waals surface area contributed by atoms with E-state index in [2.05, 4.69) is 5.32 Å². The zero-order valence-corrected chi connectivity index (χ0v) is 13.9. The Labute approximate surface area is 145 Å². The number of halogens is 1. The standard InChI is InChI=1S/C18H18ClNO4/c1-12-7-8-14(15(19)9-12)10-16(17(21)22)20-18(23)24-11-13-5-3-2-4-6-13/h2-9,16H,10-11H2,1H3,(H,20,23)(H,21,22)/t16-/m1/s1. The summed E-state index contributed by atoms with van der Waals surface area (Å²) < 4.78 is 5.05. The lowest BCUT2D eigenvalue weighted by Gasteiger charge is -2.15. The first-order valence-corrected chi connectivity index (χ1v) is 7.78. The van der Waals surface area contributed by atoms with Crippen LogP contribution in [0.3, 0.4) is 0 Å². The van der Waals surface area contributed by atoms with Crippen LogP contribution in [0.2, 0.25) is 5.02 Å². The van der Waals surface area contributed by atoms with Gasteiger partial charge in [0, 0.05) is 11.4 Å². The topological polar surface area (TPSA) is 75.6 Å². The van der Waals surface area contributed by atoms with Gasteiger partial charge >= 0.3 is 12.1 Å². The third kappa shape index (κ3) is 5.28. The summed E-state index contributed by atoms with van der Waals surface area (Å²) in [6.07, 6.45) is -0.705. The average Bonchev–Trinajstić information content (AvgIpc) is 2.55. The molecule has 1 atom stereocenters. The number of aliphatic carboxylic acids is 1. The minimum Gasteiger partial charge on any atom is -0.480 e. The highest BCUT2D eigenvalue weighted by atomic mass is 35.5. The van der Waals surface area contributed by atoms with Gasteiger partial charge in [0.2, 0.25) is 0 Å². The molecule has 0 aromatic heterocycles. The molecule has 0 aliphatic rings. The summed E-state index contributed by atoms with van der Waals surface area (Å²) >= 11 is 6.12. The second-order valence-corrected chi connectivity index (χ2v) is 5.80. The van der Waals surface area contributed by atoms with Crippen LogP contribution in [0, 0.1) is 6.92 Å². The van der Waals surface area contributed by atoms with E-state index >= 15 is 0 Å². The minimum atomic E-state index is -1.15. The predicted molar refractivity (Wildman–Crippen MR) is 91.1 cm³/mol. The van der Waals surface area contributed by atoms with Gasteiger partial charge in [0.1, 0.15) is 12.6 Å². The van der Waals surface area contributed by atoms with Crippen molar-refractivity contribution in [3.63, 3.8) is 0 Å². The molecule has 0 heterocycles. The maximum absolute atomic E-state index is 11.8. The molecule has 5 nitrogen and oxygen atoms in total. The van der Waals surface area contributed by atoms with E-state index < -0.39 is 18.1 Å². The van der Waals surface area contributed by atoms with E-state index in [1.165, 1.54) is 0 Å². The Balaban J connectivity index is 1.95. The summed E-state index contributed by atoms with van der Waals surface area (Å²) in [5, 5.41) is 12.1. The van der Waals surface area contributed by atoms with Crippen LogP contribution in [0.15, 0.2) is 48.5 Å². The number of hydrogen-bond donors (Lipinski definition) is 2. The number of alkyl carbamates (subject to hydrolysis) is 1. The van der Waals surface area contributed by atoms with Gasteiger partial charge in [-0.3, -0.25) is 0 Å². The molecule has 24 heavy (non-hydrogen) atoms. The number of carboxylic acid groups (broad SMARTS) is 1. The van der Waals surface area contributed by atoms with Gasteiger partial charge in [-0.25, -0.2) is 9.59 Å². The highest BCUT2D eigenvalue weighted by Crippen LogP contribution is 2.19. The number of carbonyl (C=O) groups excluding carboxylic acids is 1. The van der Waals surface area contributed by atoms with Crippen molar-refractivity contribution in [2.45, 2.75) is 26.0 Å². The van der Waals surface area contributed by atoms with Gasteiger partial charge in [0.25, 0.3) is 0 Å². The number of carboxylic acids is 1. The Hall–Kier alpha value is -2.53. The molecule has 2 aromatic rings. The summed E-state index contributed by atoms with van der Waals surface area (Å²) in [5.74, 6) is -1.15. The first kappa shape index (κ1) is 17.8. The number of benzene rings is 2. The van der Waals surface area contributed by atoms with Gasteiger partial charge in [0.05, 0.1) is 0 Å². The SMILES string of the molecule is Cc1ccc(C[C@@H](NC(=O)OCc2ccccc2)C(=O)O)c(Cl)c1. The van der Waals surface area contributed by atoms with Crippen LogP contribution in [0.25, 0.3) is 0 Å². The summed E-state index contributed by atoms with van der Waals surface area (Å²) in [6, 6.07) is 13.4. The predicted octanol–water partition coefficient (Wildman–Crippen LogP) is 3.57. The molecule has 0 radical (unpaired) electrons. The zero-order chi connectivity index (χ0) is 17.5. The Morgan fingerprint density at radius 1 is 1.21 bits per heavy atom. The second-order valence-electron chi connectivity index (χ2n) is 5.40. The third-order valence-corrected chi connectivity index (χ3v) is 3.79. The Morgan fingerprint density at radius 3 is 2.54 bits per heavy atom. The van der Waals surface area contributed by atoms with Crippen molar-refractivity contribution in [3.05, 3.63) is 70.2 Å². The van der Waals surface area contributed by atoms with Gasteiger partial charge in [-0.15, -0.1) is 0 Å². The third-order valence-electron chi connectivity index (χ3n) is 3.44. The molecule has 2 N–H and O–H groups in total. The lowest BCUT2D eigenvalue weighted by molar-refractivity contribution is -0.139. The zero-order valence-electron chi connectivity index (χ0n) is 13.2. The van der Waals surface area contributed by atoms with Gasteiger partial charge in [-0.2, -0.15) is 0 Å². The highest BCUT2D eigenvalue weighted by Gasteiger charge is 2.22. The molecule has 0 fully saturated rings. The molecule has 0 aliphatic heterocycles. The van der Waals surface area contributed by atoms with Crippen LogP contribution in [0.5, 0.6) is 0 Å². The van der Waals surface area contributed by atoms with Crippen LogP contribution >= 0.6 is 11.6 Å². The lowest BCUT2D eigenvalue weighted by atomic mass is 10.0. The Morgan fingerprint density at radius 2 is 1.92 bits per heavy atom. The number of amides is 1. The molecule has 0 unspecified atom stereocenters. The number of aryl methyl sites for hydroxylation is 1. The number of hydrogen-bond acceptors (Lipinski definition) is 3. The molecule has 2 rings (SSSR count). The first-order valence-electron chi connectivity index (χ1n) is 7.41. The molecule has 2 aromatic carbocycles. The maximum Gasteiger partial charge on any atom is 0.408 e. The van der Waals surface area contributed by atoms with E-state index in [1.807, 2.05) is 43.3 Å². The molecule has 0 spiro atoms. The quantitative estimate of drug-likeness (QED) is 0.837. The van der Waals surface area contributed by atoms with E-state index in [4.69, 9.17) is 16.3 Å². The number of carbonyl (C=O) groups is 2. The van der Waals surface area contributed by atoms with Gasteiger partial charge in [-0.1, -0.05) is 54.1 Å². The monoisotopic (exact) mass is 347 g/mol. The van der Waals surface area contributed by atoms with Crippen LogP contribution in [0.1, 0.15) is 16.7 Å². The molecule has 0 bridgehead atoms. The van der Waals surface area contributed by atoms with Crippen LogP contribution in [0.4, 0.5) is 4.79 Å². The summed E-state index contributed by atoms with van der Waals surface area (Å²) in [7, 11) is 0. The van der Waals surface area contributed by atoms with Crippen molar-refractivity contribution in [1.29, 1.82) is 0 Å². The van der Waals surface area contributed by atoms with Gasteiger partial charge < -0.3 is 15.2 Å². The molecule has 1 amide bonds. The fourth-order valence-corrected chi connectivity index (χ4v) is 2.46. The van der Waals surface area contributed by atoms with Crippen molar-refractivity contribution in [1.82, 2.24) is 5.32 Å². The summed E-state index contributed by atoms with van der Waals surface area (Å²) in [6.45, 7) is 1.97. The molecule has 0 saturated heterocycles. The highest BCUT2D eigenvalue weighted by molar-refractivity contribution is 6.31. The molecule has 126 valence electrons. The van der Waals surface area contributed by atoms with Crippen LogP contribution < -0.4 is 5.32 Å². The molecular formula is C18H18ClNO4. The van der Waals surface area contributed by atoms with Crippen molar-refractivity contribution in [3.8, 4) is 0 Å². The first-order chi connectivity index (χ1) is 11.5. The maximum atomic E-state index is 11.8. The van der Waals surface area contributed by atoms with E-state index in [0.29, 0.717) is 10.6 Å². The second kappa shape index (κ2) is 8.36. The molecule has 0 saturated carbocycles. The van der Waals surface area contributed by atoms with Crippen LogP contribution in [-0.4, -0.2) is 23.2 Å². The summed E-state index contributed by atoms with van der Waals surface area (Å²) in [4.78, 5) is 23.2. The number of rotatable bonds is 6. The number of nitrogens with one attached hydrogen (secondary N) is 1. The van der Waals surface area contributed by atoms with Gasteiger partial charge in [-0.05, 0) is 29.7 Å². The van der Waals surface area contributed by atoms with E-state index in [9.17, 15) is 14.7 Å². The Kier molecular flexibility index (Phi) is 6.21. The normalized spacial score (nSPS) is 11.6. The van der Waals surface area contributed by atoms with E-state index in [0.717, 1.165) is 11.1 Å². The molecule has 0 aliphatic carbocycles. The van der Waals surface area contributed by atoms with Crippen molar-refractivity contribution < 1.29 is 19.4 Å². The fourth-order valence-electron chi connectivity index (χ4n) is 2.14. The molecule has 6 heteroatoms. The fraction of sp³-hybridized carbons (Fsp3) is 0.222. The number of ether oxygens (including phenoxy) is 1. The van der Waals surface area contributed by atoms with Crippen molar-refractivity contribution in [2.24, 2.45) is 0 Å². The largest absolute Gasteiger partial charge is 0.480 e. The summed E-state index contributed by atoms with van der Waals surface area (Å²) in [5.41, 5.74) is 2.45.